The fourth-order valence-electron chi connectivity index (χ4n) is 2.86. The van der Waals surface area contributed by atoms with Crippen molar-refractivity contribution in [3.8, 4) is 0 Å². The van der Waals surface area contributed by atoms with Crippen molar-refractivity contribution in [1.82, 2.24) is 0 Å². The third-order valence-corrected chi connectivity index (χ3v) is 3.78. The lowest BCUT2D eigenvalue weighted by Gasteiger charge is -2.12. The summed E-state index contributed by atoms with van der Waals surface area (Å²) in [7, 11) is 0. The number of hydrogen-bond acceptors (Lipinski definition) is 4. The molecule has 0 N–H and O–H groups in total. The van der Waals surface area contributed by atoms with E-state index in [1.54, 1.807) is 6.08 Å². The van der Waals surface area contributed by atoms with Crippen LogP contribution < -0.4 is 0 Å². The second-order valence-corrected chi connectivity index (χ2v) is 5.24. The van der Waals surface area contributed by atoms with Crippen LogP contribution in [0.1, 0.15) is 24.8 Å². The van der Waals surface area contributed by atoms with Crippen molar-refractivity contribution in [2.75, 3.05) is 6.54 Å². The molecule has 5 heteroatoms. The molecule has 0 aromatic heterocycles. The highest BCUT2D eigenvalue weighted by Crippen LogP contribution is 2.41. The molecule has 0 saturated carbocycles. The van der Waals surface area contributed by atoms with Crippen LogP contribution in [0.25, 0.3) is 6.08 Å². The summed E-state index contributed by atoms with van der Waals surface area (Å²) >= 11 is 0. The van der Waals surface area contributed by atoms with Crippen LogP contribution >= 0.6 is 0 Å². The molecule has 0 amide bonds. The van der Waals surface area contributed by atoms with E-state index in [0.29, 0.717) is 29.9 Å². The van der Waals surface area contributed by atoms with Gasteiger partial charge in [-0.15, -0.1) is 0 Å². The maximum Gasteiger partial charge on any atom is 0.218 e. The standard InChI is InChI=1S/C16H15NO4/c18-13-7-4-8-14-16(13)12(10-17(19)20)15(21-14)9-11-5-2-1-3-6-11/h1-3,5-6,9,12H,4,7-8,10H2/b15-9-/t12-/m1/s1. The summed E-state index contributed by atoms with van der Waals surface area (Å²) in [4.78, 5) is 22.6. The highest BCUT2D eigenvalue weighted by Gasteiger charge is 2.40. The first kappa shape index (κ1) is 13.5. The van der Waals surface area contributed by atoms with Gasteiger partial charge in [-0.25, -0.2) is 0 Å². The average Bonchev–Trinajstić information content (AvgIpc) is 2.78. The summed E-state index contributed by atoms with van der Waals surface area (Å²) in [5.41, 5.74) is 1.42. The largest absolute Gasteiger partial charge is 0.465 e. The maximum atomic E-state index is 12.1. The number of rotatable bonds is 3. The Balaban J connectivity index is 1.97. The van der Waals surface area contributed by atoms with E-state index >= 15 is 0 Å². The quantitative estimate of drug-likeness (QED) is 0.632. The lowest BCUT2D eigenvalue weighted by molar-refractivity contribution is -0.484. The molecule has 1 aromatic rings. The van der Waals surface area contributed by atoms with Crippen LogP contribution in [0.3, 0.4) is 0 Å². The molecular formula is C16H15NO4. The van der Waals surface area contributed by atoms with Gasteiger partial charge in [-0.3, -0.25) is 14.9 Å². The number of allylic oxidation sites excluding steroid dienone is 1. The van der Waals surface area contributed by atoms with E-state index in [0.717, 1.165) is 12.0 Å². The van der Waals surface area contributed by atoms with Gasteiger partial charge < -0.3 is 4.74 Å². The number of nitrogens with zero attached hydrogens (tertiary/aromatic N) is 1. The first-order valence-corrected chi connectivity index (χ1v) is 6.97. The summed E-state index contributed by atoms with van der Waals surface area (Å²) < 4.78 is 5.77. The zero-order valence-electron chi connectivity index (χ0n) is 11.5. The Kier molecular flexibility index (Phi) is 3.56. The van der Waals surface area contributed by atoms with Gasteiger partial charge in [0, 0.05) is 17.8 Å². The zero-order chi connectivity index (χ0) is 14.8. The number of nitro groups is 1. The molecule has 2 aliphatic rings. The van der Waals surface area contributed by atoms with Gasteiger partial charge in [-0.2, -0.15) is 0 Å². The lowest BCUT2D eigenvalue weighted by Crippen LogP contribution is -2.21. The van der Waals surface area contributed by atoms with Crippen molar-refractivity contribution in [1.29, 1.82) is 0 Å². The summed E-state index contributed by atoms with van der Waals surface area (Å²) in [6.07, 6.45) is 3.68. The van der Waals surface area contributed by atoms with E-state index in [-0.39, 0.29) is 17.3 Å². The van der Waals surface area contributed by atoms with Gasteiger partial charge in [-0.05, 0) is 18.1 Å². The molecule has 0 radical (unpaired) electrons. The van der Waals surface area contributed by atoms with Crippen molar-refractivity contribution in [3.05, 3.63) is 63.1 Å². The first-order valence-electron chi connectivity index (χ1n) is 6.97. The minimum Gasteiger partial charge on any atom is -0.465 e. The minimum absolute atomic E-state index is 0.0143. The number of Topliss-reactive ketones (excluding diaryl/α,β-unsaturated/α-hetero) is 1. The predicted molar refractivity (Wildman–Crippen MR) is 76.7 cm³/mol. The van der Waals surface area contributed by atoms with Crippen LogP contribution in [-0.2, 0) is 9.53 Å². The molecule has 1 aromatic carbocycles. The molecule has 1 aliphatic heterocycles. The Morgan fingerprint density at radius 3 is 2.76 bits per heavy atom. The van der Waals surface area contributed by atoms with E-state index in [2.05, 4.69) is 0 Å². The number of ether oxygens (including phenoxy) is 1. The molecule has 0 fully saturated rings. The topological polar surface area (TPSA) is 69.4 Å². The molecule has 0 spiro atoms. The highest BCUT2D eigenvalue weighted by molar-refractivity contribution is 5.98. The van der Waals surface area contributed by atoms with Crippen LogP contribution in [0.15, 0.2) is 47.4 Å². The molecule has 21 heavy (non-hydrogen) atoms. The van der Waals surface area contributed by atoms with Gasteiger partial charge in [0.05, 0.1) is 5.57 Å². The molecule has 108 valence electrons. The van der Waals surface area contributed by atoms with Crippen molar-refractivity contribution < 1.29 is 14.5 Å². The lowest BCUT2D eigenvalue weighted by atomic mass is 9.87. The van der Waals surface area contributed by atoms with Gasteiger partial charge in [0.1, 0.15) is 17.4 Å². The van der Waals surface area contributed by atoms with E-state index in [9.17, 15) is 14.9 Å². The van der Waals surface area contributed by atoms with E-state index in [4.69, 9.17) is 4.74 Å². The zero-order valence-corrected chi connectivity index (χ0v) is 11.5. The smallest absolute Gasteiger partial charge is 0.218 e. The Hall–Kier alpha value is -2.43. The molecule has 0 unspecified atom stereocenters. The SMILES string of the molecule is O=C1CCCC2=C1[C@H](C[N+](=O)[O-])/C(=C/c1ccccc1)O2. The number of carbonyl (C=O) groups excluding carboxylic acids is 1. The predicted octanol–water partition coefficient (Wildman–Crippen LogP) is 2.96. The molecule has 1 aliphatic carbocycles. The molecule has 0 saturated heterocycles. The van der Waals surface area contributed by atoms with Gasteiger partial charge >= 0.3 is 0 Å². The number of hydrogen-bond donors (Lipinski definition) is 0. The third kappa shape index (κ3) is 2.72. The monoisotopic (exact) mass is 285 g/mol. The van der Waals surface area contributed by atoms with Gasteiger partial charge in [0.15, 0.2) is 5.78 Å². The highest BCUT2D eigenvalue weighted by atomic mass is 16.6. The number of carbonyl (C=O) groups is 1. The molecular weight excluding hydrogens is 270 g/mol. The van der Waals surface area contributed by atoms with Crippen molar-refractivity contribution >= 4 is 11.9 Å². The fourth-order valence-corrected chi connectivity index (χ4v) is 2.86. The minimum atomic E-state index is -0.553. The number of ketones is 1. The third-order valence-electron chi connectivity index (χ3n) is 3.78. The second kappa shape index (κ2) is 5.52. The van der Waals surface area contributed by atoms with Crippen LogP contribution in [0.5, 0.6) is 0 Å². The van der Waals surface area contributed by atoms with Crippen LogP contribution in [0, 0.1) is 16.0 Å². The Bertz CT molecular complexity index is 646. The van der Waals surface area contributed by atoms with Gasteiger partial charge in [0.25, 0.3) is 0 Å². The fraction of sp³-hybridized carbons (Fsp3) is 0.312. The summed E-state index contributed by atoms with van der Waals surface area (Å²) in [6, 6.07) is 9.49. The van der Waals surface area contributed by atoms with Crippen LogP contribution in [0.2, 0.25) is 0 Å². The molecule has 1 heterocycles. The van der Waals surface area contributed by atoms with Crippen molar-refractivity contribution in [3.63, 3.8) is 0 Å². The van der Waals surface area contributed by atoms with E-state index in [1.807, 2.05) is 30.3 Å². The molecule has 0 bridgehead atoms. The average molecular weight is 285 g/mol. The maximum absolute atomic E-state index is 12.1. The number of benzene rings is 1. The van der Waals surface area contributed by atoms with Gasteiger partial charge in [-0.1, -0.05) is 30.3 Å². The second-order valence-electron chi connectivity index (χ2n) is 5.24. The molecule has 1 atom stereocenters. The van der Waals surface area contributed by atoms with Crippen molar-refractivity contribution in [2.24, 2.45) is 5.92 Å². The summed E-state index contributed by atoms with van der Waals surface area (Å²) in [6.45, 7) is -0.302. The van der Waals surface area contributed by atoms with E-state index < -0.39 is 5.92 Å². The van der Waals surface area contributed by atoms with E-state index in [1.165, 1.54) is 0 Å². The van der Waals surface area contributed by atoms with Gasteiger partial charge in [0.2, 0.25) is 6.54 Å². The summed E-state index contributed by atoms with van der Waals surface area (Å²) in [5, 5.41) is 10.9. The Labute approximate surface area is 122 Å². The molecule has 3 rings (SSSR count). The Morgan fingerprint density at radius 2 is 2.05 bits per heavy atom. The first-order chi connectivity index (χ1) is 10.1. The van der Waals surface area contributed by atoms with Crippen LogP contribution in [0.4, 0.5) is 0 Å². The Morgan fingerprint density at radius 1 is 1.29 bits per heavy atom. The molecule has 5 nitrogen and oxygen atoms in total. The van der Waals surface area contributed by atoms with Crippen LogP contribution in [-0.4, -0.2) is 17.3 Å². The van der Waals surface area contributed by atoms with Crippen molar-refractivity contribution in [2.45, 2.75) is 19.3 Å². The normalized spacial score (nSPS) is 23.1. The summed E-state index contributed by atoms with van der Waals surface area (Å²) in [5.74, 6) is 0.570.